The minimum atomic E-state index is -0.329. The second kappa shape index (κ2) is 6.44. The van der Waals surface area contributed by atoms with Crippen molar-refractivity contribution < 1.29 is 9.13 Å². The number of halogens is 1. The molecule has 0 bridgehead atoms. The number of hydrogen-bond donors (Lipinski definition) is 0. The molecule has 27 heavy (non-hydrogen) atoms. The topological polar surface area (TPSA) is 77.5 Å². The minimum Gasteiger partial charge on any atom is -0.378 e. The molecular weight excluding hydrogens is 351 g/mol. The second-order valence-electron chi connectivity index (χ2n) is 6.24. The van der Waals surface area contributed by atoms with Crippen LogP contribution in [0.2, 0.25) is 0 Å². The zero-order valence-corrected chi connectivity index (χ0v) is 15.0. The number of ether oxygens (including phenoxy) is 1. The number of nitrogens with zero attached hydrogens (tertiary/aromatic N) is 6. The molecule has 0 aliphatic carbocycles. The van der Waals surface area contributed by atoms with Crippen molar-refractivity contribution in [2.45, 2.75) is 6.61 Å². The summed E-state index contributed by atoms with van der Waals surface area (Å²) in [6.45, 7) is 0.242. The summed E-state index contributed by atoms with van der Waals surface area (Å²) < 4.78 is 21.6. The standard InChI is InChI=1S/C18H17FN6O2/c1-23(2)24-9-8-14-16(18(24)26)20-21-17-15(11-4-6-12(19)7-5-11)13(10-27-3)22-25(14)17/h4-9H,10H2,1-3H3. The van der Waals surface area contributed by atoms with E-state index in [-0.39, 0.29) is 23.5 Å². The van der Waals surface area contributed by atoms with E-state index in [2.05, 4.69) is 15.3 Å². The molecule has 8 nitrogen and oxygen atoms in total. The molecule has 0 saturated carbocycles. The summed E-state index contributed by atoms with van der Waals surface area (Å²) in [4.78, 5) is 12.6. The number of pyridine rings is 1. The number of rotatable bonds is 4. The van der Waals surface area contributed by atoms with E-state index in [4.69, 9.17) is 4.74 Å². The van der Waals surface area contributed by atoms with E-state index in [1.54, 1.807) is 55.1 Å². The highest BCUT2D eigenvalue weighted by Gasteiger charge is 2.19. The molecule has 0 unspecified atom stereocenters. The van der Waals surface area contributed by atoms with Crippen LogP contribution in [0.4, 0.5) is 4.39 Å². The molecule has 0 amide bonds. The van der Waals surface area contributed by atoms with Gasteiger partial charge in [-0.05, 0) is 23.8 Å². The largest absolute Gasteiger partial charge is 0.378 e. The van der Waals surface area contributed by atoms with E-state index < -0.39 is 0 Å². The zero-order chi connectivity index (χ0) is 19.1. The Morgan fingerprint density at radius 1 is 1.15 bits per heavy atom. The number of aromatic nitrogens is 5. The number of fused-ring (bicyclic) bond motifs is 3. The number of hydrogen-bond acceptors (Lipinski definition) is 6. The quantitative estimate of drug-likeness (QED) is 0.544. The Labute approximate surface area is 153 Å². The predicted octanol–water partition coefficient (Wildman–Crippen LogP) is 1.59. The Bertz CT molecular complexity index is 1200. The van der Waals surface area contributed by atoms with Gasteiger partial charge in [0.15, 0.2) is 11.2 Å². The highest BCUT2D eigenvalue weighted by Crippen LogP contribution is 2.29. The molecule has 0 atom stereocenters. The second-order valence-corrected chi connectivity index (χ2v) is 6.24. The molecule has 0 aliphatic rings. The molecule has 0 fully saturated rings. The van der Waals surface area contributed by atoms with Gasteiger partial charge in [-0.25, -0.2) is 13.6 Å². The van der Waals surface area contributed by atoms with Crippen molar-refractivity contribution in [2.75, 3.05) is 26.2 Å². The van der Waals surface area contributed by atoms with Gasteiger partial charge in [0.1, 0.15) is 11.3 Å². The molecule has 4 rings (SSSR count). The number of benzene rings is 1. The molecule has 0 radical (unpaired) electrons. The van der Waals surface area contributed by atoms with Crippen LogP contribution in [0.5, 0.6) is 0 Å². The van der Waals surface area contributed by atoms with Gasteiger partial charge in [-0.1, -0.05) is 12.1 Å². The van der Waals surface area contributed by atoms with Crippen LogP contribution in [0.1, 0.15) is 5.69 Å². The van der Waals surface area contributed by atoms with Crippen LogP contribution in [-0.2, 0) is 11.3 Å². The molecule has 0 N–H and O–H groups in total. The van der Waals surface area contributed by atoms with Crippen LogP contribution < -0.4 is 10.6 Å². The summed E-state index contributed by atoms with van der Waals surface area (Å²) in [7, 11) is 5.09. The monoisotopic (exact) mass is 368 g/mol. The zero-order valence-electron chi connectivity index (χ0n) is 15.0. The smallest absolute Gasteiger partial charge is 0.298 e. The molecule has 0 aliphatic heterocycles. The summed E-state index contributed by atoms with van der Waals surface area (Å²) in [6, 6.07) is 7.82. The Hall–Kier alpha value is -3.33. The minimum absolute atomic E-state index is 0.204. The molecule has 3 heterocycles. The van der Waals surface area contributed by atoms with Crippen LogP contribution in [0.3, 0.4) is 0 Å². The van der Waals surface area contributed by atoms with E-state index in [0.29, 0.717) is 22.4 Å². The van der Waals surface area contributed by atoms with Gasteiger partial charge in [-0.15, -0.1) is 10.2 Å². The van der Waals surface area contributed by atoms with Gasteiger partial charge in [0, 0.05) is 27.4 Å². The maximum Gasteiger partial charge on any atom is 0.298 e. The van der Waals surface area contributed by atoms with E-state index in [1.807, 2.05) is 0 Å². The third-order valence-electron chi connectivity index (χ3n) is 4.28. The molecule has 1 aromatic carbocycles. The van der Waals surface area contributed by atoms with Gasteiger partial charge in [0.2, 0.25) is 0 Å². The van der Waals surface area contributed by atoms with Gasteiger partial charge < -0.3 is 9.75 Å². The predicted molar refractivity (Wildman–Crippen MR) is 98.7 cm³/mol. The van der Waals surface area contributed by atoms with Gasteiger partial charge in [0.05, 0.1) is 17.9 Å². The Morgan fingerprint density at radius 2 is 1.89 bits per heavy atom. The van der Waals surface area contributed by atoms with Crippen LogP contribution in [0.15, 0.2) is 41.3 Å². The van der Waals surface area contributed by atoms with Crippen molar-refractivity contribution in [2.24, 2.45) is 0 Å². The third kappa shape index (κ3) is 2.72. The molecular formula is C18H17FN6O2. The van der Waals surface area contributed by atoms with Crippen molar-refractivity contribution in [1.29, 1.82) is 0 Å². The van der Waals surface area contributed by atoms with Crippen molar-refractivity contribution in [3.05, 3.63) is 58.4 Å². The normalized spacial score (nSPS) is 11.4. The molecule has 9 heteroatoms. The van der Waals surface area contributed by atoms with Crippen LogP contribution in [0, 0.1) is 5.82 Å². The summed E-state index contributed by atoms with van der Waals surface area (Å²) in [6.07, 6.45) is 1.65. The lowest BCUT2D eigenvalue weighted by molar-refractivity contribution is 0.181. The van der Waals surface area contributed by atoms with Crippen molar-refractivity contribution in [3.63, 3.8) is 0 Å². The Kier molecular flexibility index (Phi) is 4.08. The first-order valence-electron chi connectivity index (χ1n) is 8.23. The molecule has 138 valence electrons. The summed E-state index contributed by atoms with van der Waals surface area (Å²) in [5.74, 6) is -0.329. The lowest BCUT2D eigenvalue weighted by Crippen LogP contribution is -2.36. The fraction of sp³-hybridized carbons (Fsp3) is 0.222. The Balaban J connectivity index is 2.05. The summed E-state index contributed by atoms with van der Waals surface area (Å²) >= 11 is 0. The third-order valence-corrected chi connectivity index (χ3v) is 4.28. The van der Waals surface area contributed by atoms with Gasteiger partial charge >= 0.3 is 0 Å². The van der Waals surface area contributed by atoms with E-state index in [0.717, 1.165) is 5.56 Å². The first-order chi connectivity index (χ1) is 13.0. The fourth-order valence-electron chi connectivity index (χ4n) is 3.05. The van der Waals surface area contributed by atoms with Gasteiger partial charge in [-0.2, -0.15) is 5.10 Å². The molecule has 3 aromatic heterocycles. The first kappa shape index (κ1) is 17.1. The van der Waals surface area contributed by atoms with E-state index in [1.165, 1.54) is 16.8 Å². The van der Waals surface area contributed by atoms with Crippen molar-refractivity contribution in [3.8, 4) is 11.1 Å². The summed E-state index contributed by atoms with van der Waals surface area (Å²) in [5, 5.41) is 14.6. The van der Waals surface area contributed by atoms with E-state index >= 15 is 0 Å². The number of methoxy groups -OCH3 is 1. The lowest BCUT2D eigenvalue weighted by atomic mass is 10.1. The maximum absolute atomic E-state index is 13.3. The summed E-state index contributed by atoms with van der Waals surface area (Å²) in [5.41, 5.74) is 2.99. The van der Waals surface area contributed by atoms with E-state index in [9.17, 15) is 9.18 Å². The van der Waals surface area contributed by atoms with Gasteiger partial charge in [-0.3, -0.25) is 4.79 Å². The highest BCUT2D eigenvalue weighted by molar-refractivity contribution is 5.84. The average Bonchev–Trinajstić information content (AvgIpc) is 3.01. The van der Waals surface area contributed by atoms with Crippen LogP contribution >= 0.6 is 0 Å². The first-order valence-corrected chi connectivity index (χ1v) is 8.23. The molecule has 0 spiro atoms. The fourth-order valence-corrected chi connectivity index (χ4v) is 3.05. The van der Waals surface area contributed by atoms with Crippen LogP contribution in [0.25, 0.3) is 27.8 Å². The van der Waals surface area contributed by atoms with Crippen LogP contribution in [-0.4, -0.2) is 45.7 Å². The maximum atomic E-state index is 13.3. The highest BCUT2D eigenvalue weighted by atomic mass is 19.1. The lowest BCUT2D eigenvalue weighted by Gasteiger charge is -2.15. The Morgan fingerprint density at radius 3 is 2.56 bits per heavy atom. The molecule has 0 saturated heterocycles. The van der Waals surface area contributed by atoms with Gasteiger partial charge in [0.25, 0.3) is 5.56 Å². The van der Waals surface area contributed by atoms with Crippen molar-refractivity contribution >= 4 is 16.7 Å². The SMILES string of the molecule is COCc1nn2c(nnc3c(=O)n(N(C)C)ccc32)c1-c1ccc(F)cc1. The molecule has 4 aromatic rings. The van der Waals surface area contributed by atoms with Crippen molar-refractivity contribution in [1.82, 2.24) is 24.5 Å². The average molecular weight is 368 g/mol.